The fourth-order valence-corrected chi connectivity index (χ4v) is 1.40. The van der Waals surface area contributed by atoms with Gasteiger partial charge in [-0.05, 0) is 5.56 Å². The summed E-state index contributed by atoms with van der Waals surface area (Å²) in [7, 11) is 2.05. The summed E-state index contributed by atoms with van der Waals surface area (Å²) in [6.45, 7) is 0. The Bertz CT molecular complexity index is 381. The van der Waals surface area contributed by atoms with Gasteiger partial charge in [0, 0.05) is 0 Å². The second-order valence-electron chi connectivity index (χ2n) is 3.18. The number of rotatable bonds is 2. The number of imidazole rings is 1. The lowest BCUT2D eigenvalue weighted by molar-refractivity contribution is -0.677. The van der Waals surface area contributed by atoms with Gasteiger partial charge in [0.1, 0.15) is 12.4 Å². The van der Waals surface area contributed by atoms with Crippen LogP contribution in [0.5, 0.6) is 0 Å². The number of benzene rings is 1. The smallest absolute Gasteiger partial charge is 0.258 e. The number of aromatic nitrogens is 2. The van der Waals surface area contributed by atoms with Crippen molar-refractivity contribution in [3.05, 3.63) is 54.1 Å². The molecule has 2 nitrogen and oxygen atoms in total. The molecule has 0 amide bonds. The van der Waals surface area contributed by atoms with Gasteiger partial charge >= 0.3 is 0 Å². The number of H-pyrrole nitrogens is 1. The van der Waals surface area contributed by atoms with Crippen LogP contribution in [-0.4, -0.2) is 4.98 Å². The molecule has 2 aromatic rings. The molecule has 0 unspecified atom stereocenters. The van der Waals surface area contributed by atoms with E-state index in [4.69, 9.17) is 0 Å². The summed E-state index contributed by atoms with van der Waals surface area (Å²) in [5.41, 5.74) is 1.33. The lowest BCUT2D eigenvalue weighted by Crippen LogP contribution is -3.00. The summed E-state index contributed by atoms with van der Waals surface area (Å²) in [6, 6.07) is 10.5. The third-order valence-electron chi connectivity index (χ3n) is 2.19. The molecule has 2 rings (SSSR count). The molecule has 0 aliphatic carbocycles. The van der Waals surface area contributed by atoms with E-state index in [-0.39, 0.29) is 17.0 Å². The zero-order valence-electron chi connectivity index (χ0n) is 8.07. The molecule has 74 valence electrons. The van der Waals surface area contributed by atoms with Crippen molar-refractivity contribution in [3.8, 4) is 0 Å². The maximum Gasteiger partial charge on any atom is 0.258 e. The Morgan fingerprint density at radius 1 is 1.21 bits per heavy atom. The van der Waals surface area contributed by atoms with Crippen LogP contribution >= 0.6 is 0 Å². The lowest BCUT2D eigenvalue weighted by atomic mass is 10.1. The van der Waals surface area contributed by atoms with Gasteiger partial charge in [0.15, 0.2) is 0 Å². The Balaban J connectivity index is 0.000000980. The maximum atomic E-state index is 3.22. The van der Waals surface area contributed by atoms with E-state index >= 15 is 0 Å². The van der Waals surface area contributed by atoms with E-state index in [1.54, 1.807) is 0 Å². The first kappa shape index (κ1) is 11.0. The fourth-order valence-electron chi connectivity index (χ4n) is 1.40. The summed E-state index contributed by atoms with van der Waals surface area (Å²) < 4.78 is 2.10. The van der Waals surface area contributed by atoms with Crippen LogP contribution in [0.3, 0.4) is 0 Å². The minimum absolute atomic E-state index is 0. The largest absolute Gasteiger partial charge is 1.00 e. The van der Waals surface area contributed by atoms with E-state index in [1.165, 1.54) is 11.4 Å². The van der Waals surface area contributed by atoms with E-state index in [2.05, 4.69) is 40.9 Å². The molecule has 1 N–H and O–H groups in total. The predicted octanol–water partition coefficient (Wildman–Crippen LogP) is -1.57. The molecule has 0 atom stereocenters. The highest BCUT2D eigenvalue weighted by Crippen LogP contribution is 2.02. The molecule has 0 aliphatic heterocycles. The van der Waals surface area contributed by atoms with Crippen molar-refractivity contribution in [1.82, 2.24) is 4.98 Å². The number of aromatic amines is 1. The van der Waals surface area contributed by atoms with Gasteiger partial charge in [-0.2, -0.15) is 0 Å². The number of hydrogen-bond donors (Lipinski definition) is 1. The second kappa shape index (κ2) is 4.96. The quantitative estimate of drug-likeness (QED) is 0.624. The zero-order valence-corrected chi connectivity index (χ0v) is 9.66. The predicted molar refractivity (Wildman–Crippen MR) is 51.2 cm³/mol. The van der Waals surface area contributed by atoms with E-state index in [1.807, 2.05) is 18.5 Å². The third-order valence-corrected chi connectivity index (χ3v) is 2.19. The Labute approximate surface area is 94.4 Å². The number of nitrogens with zero attached hydrogens (tertiary/aromatic N) is 1. The highest BCUT2D eigenvalue weighted by molar-refractivity contribution is 5.17. The molecule has 0 spiro atoms. The number of halogens is 1. The fraction of sp³-hybridized carbons (Fsp3) is 0.182. The maximum absolute atomic E-state index is 3.22. The Morgan fingerprint density at radius 2 is 1.93 bits per heavy atom. The van der Waals surface area contributed by atoms with Crippen molar-refractivity contribution in [1.29, 1.82) is 0 Å². The highest BCUT2D eigenvalue weighted by Gasteiger charge is 2.06. The molecule has 1 aromatic heterocycles. The van der Waals surface area contributed by atoms with Crippen molar-refractivity contribution >= 4 is 0 Å². The topological polar surface area (TPSA) is 19.7 Å². The minimum Gasteiger partial charge on any atom is -1.00 e. The molecular weight excluding hydrogens is 240 g/mol. The van der Waals surface area contributed by atoms with Crippen LogP contribution in [-0.2, 0) is 13.5 Å². The SMILES string of the molecule is C[n+]1cc[nH]c1Cc1ccccc1.[Br-]. The molecule has 0 aliphatic rings. The van der Waals surface area contributed by atoms with Crippen molar-refractivity contribution in [3.63, 3.8) is 0 Å². The van der Waals surface area contributed by atoms with Gasteiger partial charge in [-0.1, -0.05) is 30.3 Å². The first-order valence-electron chi connectivity index (χ1n) is 4.42. The van der Waals surface area contributed by atoms with Crippen molar-refractivity contribution < 1.29 is 21.5 Å². The molecule has 0 radical (unpaired) electrons. The number of hydrogen-bond acceptors (Lipinski definition) is 0. The molecule has 0 fully saturated rings. The van der Waals surface area contributed by atoms with Gasteiger partial charge in [-0.3, -0.25) is 0 Å². The summed E-state index contributed by atoms with van der Waals surface area (Å²) in [5.74, 6) is 1.23. The van der Waals surface area contributed by atoms with Gasteiger partial charge in [0.25, 0.3) is 5.82 Å². The zero-order chi connectivity index (χ0) is 9.10. The summed E-state index contributed by atoms with van der Waals surface area (Å²) in [5, 5.41) is 0. The first-order chi connectivity index (χ1) is 6.36. The lowest BCUT2D eigenvalue weighted by Gasteiger charge is -1.95. The molecule has 1 heterocycles. The molecular formula is C11H13BrN2. The Hall–Kier alpha value is -1.09. The Morgan fingerprint density at radius 3 is 2.50 bits per heavy atom. The monoisotopic (exact) mass is 252 g/mol. The highest BCUT2D eigenvalue weighted by atomic mass is 79.9. The van der Waals surface area contributed by atoms with E-state index in [0.29, 0.717) is 0 Å². The van der Waals surface area contributed by atoms with E-state index < -0.39 is 0 Å². The summed E-state index contributed by atoms with van der Waals surface area (Å²) in [4.78, 5) is 3.22. The van der Waals surface area contributed by atoms with Gasteiger partial charge in [0.2, 0.25) is 0 Å². The first-order valence-corrected chi connectivity index (χ1v) is 4.42. The van der Waals surface area contributed by atoms with Crippen LogP contribution in [0, 0.1) is 0 Å². The molecule has 0 bridgehead atoms. The summed E-state index contributed by atoms with van der Waals surface area (Å²) in [6.07, 6.45) is 4.95. The van der Waals surface area contributed by atoms with Gasteiger partial charge in [-0.25, -0.2) is 9.55 Å². The van der Waals surface area contributed by atoms with Crippen LogP contribution in [0.15, 0.2) is 42.7 Å². The standard InChI is InChI=1S/C11H12N2.BrH/c1-13-8-7-12-11(13)9-10-5-3-2-4-6-10;/h2-8H,9H2,1H3;1H. The van der Waals surface area contributed by atoms with Gasteiger partial charge in [-0.15, -0.1) is 0 Å². The molecule has 1 aromatic carbocycles. The Kier molecular flexibility index (Phi) is 3.89. The average molecular weight is 253 g/mol. The van der Waals surface area contributed by atoms with Crippen molar-refractivity contribution in [2.75, 3.05) is 0 Å². The number of nitrogens with one attached hydrogen (secondary N) is 1. The third kappa shape index (κ3) is 2.45. The molecule has 0 saturated carbocycles. The van der Waals surface area contributed by atoms with Crippen molar-refractivity contribution in [2.24, 2.45) is 7.05 Å². The van der Waals surface area contributed by atoms with Crippen molar-refractivity contribution in [2.45, 2.75) is 6.42 Å². The number of aryl methyl sites for hydroxylation is 1. The normalized spacial score (nSPS) is 9.50. The van der Waals surface area contributed by atoms with Gasteiger partial charge < -0.3 is 17.0 Å². The minimum atomic E-state index is 0. The van der Waals surface area contributed by atoms with Crippen LogP contribution < -0.4 is 21.5 Å². The molecule has 14 heavy (non-hydrogen) atoms. The average Bonchev–Trinajstić information content (AvgIpc) is 2.54. The summed E-state index contributed by atoms with van der Waals surface area (Å²) >= 11 is 0. The van der Waals surface area contributed by atoms with E-state index in [9.17, 15) is 0 Å². The van der Waals surface area contributed by atoms with Crippen LogP contribution in [0.4, 0.5) is 0 Å². The van der Waals surface area contributed by atoms with Crippen LogP contribution in [0.25, 0.3) is 0 Å². The van der Waals surface area contributed by atoms with Crippen LogP contribution in [0.2, 0.25) is 0 Å². The molecule has 3 heteroatoms. The van der Waals surface area contributed by atoms with E-state index in [0.717, 1.165) is 6.42 Å². The second-order valence-corrected chi connectivity index (χ2v) is 3.18. The van der Waals surface area contributed by atoms with Crippen LogP contribution in [0.1, 0.15) is 11.4 Å². The van der Waals surface area contributed by atoms with Gasteiger partial charge in [0.05, 0.1) is 13.5 Å². The molecule has 0 saturated heterocycles.